The molecule has 0 amide bonds. The Kier molecular flexibility index (Phi) is 11.7. The molecule has 2 rings (SSSR count). The van der Waals surface area contributed by atoms with E-state index in [4.69, 9.17) is 0 Å². The quantitative estimate of drug-likeness (QED) is 0.124. The summed E-state index contributed by atoms with van der Waals surface area (Å²) in [5.74, 6) is -35.0. The summed E-state index contributed by atoms with van der Waals surface area (Å²) in [5.41, 5.74) is 0. The molecule has 0 aliphatic carbocycles. The van der Waals surface area contributed by atoms with E-state index in [2.05, 4.69) is 8.83 Å². The molecule has 1 radical (unpaired) electrons. The molecule has 231 valence electrons. The van der Waals surface area contributed by atoms with Gasteiger partial charge in [-0.25, -0.2) is 0 Å². The zero-order valence-corrected chi connectivity index (χ0v) is 20.2. The maximum atomic E-state index is 12.9. The predicted molar refractivity (Wildman–Crippen MR) is 97.2 cm³/mol. The maximum absolute atomic E-state index is 12.9. The maximum Gasteiger partial charge on any atom is 0.460 e. The Balaban J connectivity index is 0.000000762. The molecule has 2 aromatic rings. The average Bonchev–Trinajstić information content (AvgIpc) is 3.52. The fourth-order valence-corrected chi connectivity index (χ4v) is 2.27. The molecule has 0 saturated heterocycles. The van der Waals surface area contributed by atoms with Crippen LogP contribution in [-0.2, 0) is 26.7 Å². The summed E-state index contributed by atoms with van der Waals surface area (Å²) in [6.07, 6.45) is -15.1. The van der Waals surface area contributed by atoms with E-state index >= 15 is 0 Å². The van der Waals surface area contributed by atoms with Crippen LogP contribution in [0.2, 0.25) is 0 Å². The first-order valence-corrected chi connectivity index (χ1v) is 9.67. The van der Waals surface area contributed by atoms with Crippen LogP contribution < -0.4 is 0 Å². The Labute approximate surface area is 227 Å². The minimum Gasteiger partial charge on any atom is -0.461 e. The van der Waals surface area contributed by atoms with Crippen molar-refractivity contribution < 1.29 is 107 Å². The fraction of sp³-hybridized carbons (Fsp3) is 0.400. The monoisotopic (exact) mass is 667 g/mol. The van der Waals surface area contributed by atoms with Crippen molar-refractivity contribution in [3.8, 4) is 0 Å². The zero-order valence-electron chi connectivity index (χ0n) is 19.0. The van der Waals surface area contributed by atoms with Gasteiger partial charge in [0.2, 0.25) is 23.1 Å². The van der Waals surface area contributed by atoms with E-state index in [1.807, 2.05) is 0 Å². The second-order valence-corrected chi connectivity index (χ2v) is 7.29. The smallest absolute Gasteiger partial charge is 0.460 e. The minimum absolute atomic E-state index is 0. The van der Waals surface area contributed by atoms with Gasteiger partial charge in [-0.05, 0) is 24.3 Å². The number of ketones is 4. The number of Topliss-reactive ketones (excluding diaryl/α,β-unsaturated/α-hetero) is 4. The third-order valence-electron chi connectivity index (χ3n) is 4.44. The van der Waals surface area contributed by atoms with Crippen molar-refractivity contribution in [3.05, 3.63) is 48.3 Å². The first-order valence-electron chi connectivity index (χ1n) is 9.67. The standard InChI is InChI=1S/2C10H5F7O3.Mn/c2*11-8(12,9(13,14)10(15,16)17)7(19)4-5(18)6-2-1-3-20-6;/h2*1-3H,4H2;. The van der Waals surface area contributed by atoms with Gasteiger partial charge in [-0.15, -0.1) is 0 Å². The summed E-state index contributed by atoms with van der Waals surface area (Å²) < 4.78 is 181. The van der Waals surface area contributed by atoms with Crippen molar-refractivity contribution >= 4 is 23.1 Å². The summed E-state index contributed by atoms with van der Waals surface area (Å²) in [5, 5.41) is 0. The van der Waals surface area contributed by atoms with Gasteiger partial charge in [0.1, 0.15) is 0 Å². The topological polar surface area (TPSA) is 94.6 Å². The molecule has 2 aromatic heterocycles. The number of rotatable bonds is 10. The van der Waals surface area contributed by atoms with Crippen LogP contribution in [0, 0.1) is 0 Å². The second kappa shape index (κ2) is 12.7. The second-order valence-electron chi connectivity index (χ2n) is 7.29. The largest absolute Gasteiger partial charge is 0.461 e. The predicted octanol–water partition coefficient (Wildman–Crippen LogP) is 6.51. The van der Waals surface area contributed by atoms with Crippen molar-refractivity contribution in [2.75, 3.05) is 0 Å². The third kappa shape index (κ3) is 7.96. The van der Waals surface area contributed by atoms with E-state index in [9.17, 15) is 80.6 Å². The van der Waals surface area contributed by atoms with Gasteiger partial charge in [0.05, 0.1) is 25.4 Å². The molecule has 0 aromatic carbocycles. The van der Waals surface area contributed by atoms with Crippen LogP contribution in [0.4, 0.5) is 61.5 Å². The molecule has 41 heavy (non-hydrogen) atoms. The number of alkyl halides is 14. The number of carbonyl (C=O) groups is 4. The van der Waals surface area contributed by atoms with Crippen LogP contribution >= 0.6 is 0 Å². The molecule has 0 N–H and O–H groups in total. The van der Waals surface area contributed by atoms with Crippen molar-refractivity contribution in [1.29, 1.82) is 0 Å². The Morgan fingerprint density at radius 3 is 1.00 bits per heavy atom. The summed E-state index contributed by atoms with van der Waals surface area (Å²) in [7, 11) is 0. The minimum atomic E-state index is -6.63. The van der Waals surface area contributed by atoms with E-state index in [1.165, 1.54) is 0 Å². The van der Waals surface area contributed by atoms with E-state index in [0.29, 0.717) is 0 Å². The summed E-state index contributed by atoms with van der Waals surface area (Å²) >= 11 is 0. The number of hydrogen-bond donors (Lipinski definition) is 0. The molecular formula is C20H10F14MnO6. The van der Waals surface area contributed by atoms with Gasteiger partial charge in [-0.3, -0.25) is 19.2 Å². The van der Waals surface area contributed by atoms with E-state index in [-0.39, 0.29) is 17.1 Å². The summed E-state index contributed by atoms with van der Waals surface area (Å²) in [6.45, 7) is 0. The van der Waals surface area contributed by atoms with Gasteiger partial charge in [0.25, 0.3) is 0 Å². The number of furan rings is 2. The fourth-order valence-electron chi connectivity index (χ4n) is 2.27. The molecule has 0 bridgehead atoms. The zero-order chi connectivity index (χ0) is 31.5. The van der Waals surface area contributed by atoms with Gasteiger partial charge in [0, 0.05) is 17.1 Å². The van der Waals surface area contributed by atoms with Gasteiger partial charge >= 0.3 is 36.0 Å². The summed E-state index contributed by atoms with van der Waals surface area (Å²) in [6, 6.07) is 4.16. The Morgan fingerprint density at radius 2 is 0.805 bits per heavy atom. The normalized spacial score (nSPS) is 13.0. The molecule has 0 aliphatic rings. The molecule has 21 heteroatoms. The number of hydrogen-bond acceptors (Lipinski definition) is 6. The molecule has 0 fully saturated rings. The molecule has 0 unspecified atom stereocenters. The van der Waals surface area contributed by atoms with Crippen molar-refractivity contribution in [2.45, 2.75) is 48.9 Å². The van der Waals surface area contributed by atoms with E-state index in [1.54, 1.807) is 0 Å². The van der Waals surface area contributed by atoms with Gasteiger partial charge in [-0.2, -0.15) is 61.5 Å². The van der Waals surface area contributed by atoms with Gasteiger partial charge < -0.3 is 8.83 Å². The molecule has 0 saturated carbocycles. The van der Waals surface area contributed by atoms with Crippen LogP contribution in [0.25, 0.3) is 0 Å². The van der Waals surface area contributed by atoms with Crippen molar-refractivity contribution in [1.82, 2.24) is 0 Å². The molecule has 0 aliphatic heterocycles. The molecular weight excluding hydrogens is 657 g/mol. The van der Waals surface area contributed by atoms with Crippen molar-refractivity contribution in [2.24, 2.45) is 0 Å². The number of carbonyl (C=O) groups excluding carboxylic acids is 4. The Morgan fingerprint density at radius 1 is 0.537 bits per heavy atom. The van der Waals surface area contributed by atoms with Crippen LogP contribution in [0.5, 0.6) is 0 Å². The molecule has 6 nitrogen and oxygen atoms in total. The molecule has 0 atom stereocenters. The Bertz CT molecular complexity index is 1100. The summed E-state index contributed by atoms with van der Waals surface area (Å²) in [4.78, 5) is 44.1. The molecule has 0 spiro atoms. The SMILES string of the molecule is O=C(CC(=O)C(F)(F)C(F)(F)C(F)(F)F)c1ccco1.O=C(CC(=O)C(F)(F)C(F)(F)C(F)(F)F)c1ccco1.[Mn]. The molecule has 2 heterocycles. The first kappa shape index (κ1) is 37.8. The van der Waals surface area contributed by atoms with Crippen LogP contribution in [0.1, 0.15) is 34.0 Å². The van der Waals surface area contributed by atoms with Crippen molar-refractivity contribution in [3.63, 3.8) is 0 Å². The third-order valence-corrected chi connectivity index (χ3v) is 4.44. The first-order chi connectivity index (χ1) is 17.8. The average molecular weight is 667 g/mol. The van der Waals surface area contributed by atoms with E-state index < -0.39 is 83.5 Å². The number of halogens is 14. The van der Waals surface area contributed by atoms with Gasteiger partial charge in [-0.1, -0.05) is 0 Å². The van der Waals surface area contributed by atoms with E-state index in [0.717, 1.165) is 36.8 Å². The van der Waals surface area contributed by atoms with Crippen LogP contribution in [0.15, 0.2) is 45.6 Å². The van der Waals surface area contributed by atoms with Crippen LogP contribution in [-0.4, -0.2) is 59.2 Å². The van der Waals surface area contributed by atoms with Gasteiger partial charge in [0.15, 0.2) is 11.5 Å². The Hall–Kier alpha value is -3.22. The van der Waals surface area contributed by atoms with Crippen LogP contribution in [0.3, 0.4) is 0 Å².